The van der Waals surface area contributed by atoms with Crippen LogP contribution in [0.3, 0.4) is 0 Å². The molecule has 2 amide bonds. The van der Waals surface area contributed by atoms with E-state index in [4.69, 9.17) is 11.6 Å². The molecular formula is C32H30ClFN2O2. The Hall–Kier alpha value is -3.96. The van der Waals surface area contributed by atoms with Crippen molar-refractivity contribution >= 4 is 23.4 Å². The summed E-state index contributed by atoms with van der Waals surface area (Å²) in [4.78, 5) is 29.0. The largest absolute Gasteiger partial charge is 0.354 e. The van der Waals surface area contributed by atoms with Crippen LogP contribution in [0.25, 0.3) is 0 Å². The van der Waals surface area contributed by atoms with Crippen LogP contribution in [-0.2, 0) is 35.4 Å². The Bertz CT molecular complexity index is 1310. The molecule has 0 saturated heterocycles. The number of hydrogen-bond donors (Lipinski definition) is 1. The highest BCUT2D eigenvalue weighted by molar-refractivity contribution is 6.30. The first-order chi connectivity index (χ1) is 18.5. The molecule has 0 saturated carbocycles. The normalized spacial score (nSPS) is 11.5. The monoisotopic (exact) mass is 528 g/mol. The lowest BCUT2D eigenvalue weighted by molar-refractivity contribution is -0.140. The standard InChI is InChI=1S/C32H30ClFN2O2/c33-28-15-11-26(12-16-28)22-31(37)36(23-27-13-17-29(34)18-14-27)30(21-25-9-5-2-6-10-25)32(38)35-20-19-24-7-3-1-4-8-24/h1-18,30H,19-23H2,(H,35,38)/t30-/m1/s1. The summed E-state index contributed by atoms with van der Waals surface area (Å²) in [6.07, 6.45) is 1.15. The van der Waals surface area contributed by atoms with Crippen molar-refractivity contribution in [1.29, 1.82) is 0 Å². The first-order valence-corrected chi connectivity index (χ1v) is 13.0. The Morgan fingerprint density at radius 3 is 1.95 bits per heavy atom. The van der Waals surface area contributed by atoms with Gasteiger partial charge in [-0.05, 0) is 52.9 Å². The van der Waals surface area contributed by atoms with Crippen LogP contribution >= 0.6 is 11.6 Å². The molecule has 0 unspecified atom stereocenters. The average molecular weight is 529 g/mol. The number of rotatable bonds is 11. The Balaban J connectivity index is 1.60. The lowest BCUT2D eigenvalue weighted by Crippen LogP contribution is -2.51. The molecule has 0 aromatic heterocycles. The highest BCUT2D eigenvalue weighted by Gasteiger charge is 2.30. The summed E-state index contributed by atoms with van der Waals surface area (Å²) in [5, 5.41) is 3.63. The maximum Gasteiger partial charge on any atom is 0.243 e. The highest BCUT2D eigenvalue weighted by atomic mass is 35.5. The minimum atomic E-state index is -0.752. The van der Waals surface area contributed by atoms with Crippen molar-refractivity contribution in [1.82, 2.24) is 10.2 Å². The molecule has 0 heterocycles. The maximum absolute atomic E-state index is 13.7. The Morgan fingerprint density at radius 1 is 0.737 bits per heavy atom. The molecule has 38 heavy (non-hydrogen) atoms. The molecule has 0 aliphatic carbocycles. The first kappa shape index (κ1) is 27.1. The van der Waals surface area contributed by atoms with Gasteiger partial charge in [0.2, 0.25) is 11.8 Å². The third-order valence-electron chi connectivity index (χ3n) is 6.36. The van der Waals surface area contributed by atoms with Crippen molar-refractivity contribution in [2.75, 3.05) is 6.54 Å². The summed E-state index contributed by atoms with van der Waals surface area (Å²) >= 11 is 6.03. The van der Waals surface area contributed by atoms with Crippen molar-refractivity contribution in [3.8, 4) is 0 Å². The first-order valence-electron chi connectivity index (χ1n) is 12.6. The molecule has 4 aromatic rings. The second kappa shape index (κ2) is 13.5. The van der Waals surface area contributed by atoms with Gasteiger partial charge >= 0.3 is 0 Å². The van der Waals surface area contributed by atoms with Crippen LogP contribution in [-0.4, -0.2) is 29.3 Å². The third kappa shape index (κ3) is 8.02. The van der Waals surface area contributed by atoms with Gasteiger partial charge in [0.05, 0.1) is 6.42 Å². The Labute approximate surface area is 228 Å². The number of carbonyl (C=O) groups excluding carboxylic acids is 2. The molecule has 1 atom stereocenters. The number of amides is 2. The summed E-state index contributed by atoms with van der Waals surface area (Å²) in [7, 11) is 0. The van der Waals surface area contributed by atoms with Crippen molar-refractivity contribution < 1.29 is 14.0 Å². The van der Waals surface area contributed by atoms with Crippen molar-refractivity contribution in [2.24, 2.45) is 0 Å². The van der Waals surface area contributed by atoms with Gasteiger partial charge in [-0.15, -0.1) is 0 Å². The molecule has 0 aliphatic rings. The summed E-state index contributed by atoms with van der Waals surface area (Å²) < 4.78 is 13.6. The summed E-state index contributed by atoms with van der Waals surface area (Å²) in [6.45, 7) is 0.625. The van der Waals surface area contributed by atoms with Crippen LogP contribution in [0.4, 0.5) is 4.39 Å². The fourth-order valence-electron chi connectivity index (χ4n) is 4.31. The lowest BCUT2D eigenvalue weighted by atomic mass is 10.0. The van der Waals surface area contributed by atoms with Gasteiger partial charge in [-0.2, -0.15) is 0 Å². The Kier molecular flexibility index (Phi) is 9.65. The number of halogens is 2. The molecule has 0 radical (unpaired) electrons. The topological polar surface area (TPSA) is 49.4 Å². The van der Waals surface area contributed by atoms with E-state index in [2.05, 4.69) is 5.32 Å². The molecule has 0 spiro atoms. The van der Waals surface area contributed by atoms with Gasteiger partial charge in [0.15, 0.2) is 0 Å². The number of hydrogen-bond acceptors (Lipinski definition) is 2. The van der Waals surface area contributed by atoms with Crippen LogP contribution in [0.1, 0.15) is 22.3 Å². The minimum absolute atomic E-state index is 0.112. The maximum atomic E-state index is 13.7. The van der Waals surface area contributed by atoms with E-state index in [0.29, 0.717) is 24.4 Å². The lowest BCUT2D eigenvalue weighted by Gasteiger charge is -2.32. The van der Waals surface area contributed by atoms with E-state index in [1.165, 1.54) is 12.1 Å². The van der Waals surface area contributed by atoms with E-state index in [-0.39, 0.29) is 30.6 Å². The van der Waals surface area contributed by atoms with Gasteiger partial charge in [-0.1, -0.05) is 96.5 Å². The van der Waals surface area contributed by atoms with Gasteiger partial charge < -0.3 is 10.2 Å². The molecule has 4 rings (SSSR count). The zero-order valence-electron chi connectivity index (χ0n) is 21.0. The van der Waals surface area contributed by atoms with Gasteiger partial charge in [-0.25, -0.2) is 4.39 Å². The SMILES string of the molecule is O=C(NCCc1ccccc1)[C@@H](Cc1ccccc1)N(Cc1ccc(F)cc1)C(=O)Cc1ccc(Cl)cc1. The highest BCUT2D eigenvalue weighted by Crippen LogP contribution is 2.18. The predicted molar refractivity (Wildman–Crippen MR) is 149 cm³/mol. The molecule has 0 bridgehead atoms. The van der Waals surface area contributed by atoms with Crippen molar-refractivity contribution in [3.05, 3.63) is 142 Å². The van der Waals surface area contributed by atoms with Crippen LogP contribution in [0.5, 0.6) is 0 Å². The number of benzene rings is 4. The number of nitrogens with one attached hydrogen (secondary N) is 1. The van der Waals surface area contributed by atoms with E-state index in [9.17, 15) is 14.0 Å². The molecule has 4 aromatic carbocycles. The predicted octanol–water partition coefficient (Wildman–Crippen LogP) is 6.02. The number of carbonyl (C=O) groups is 2. The summed E-state index contributed by atoms with van der Waals surface area (Å²) in [5.41, 5.74) is 3.60. The van der Waals surface area contributed by atoms with Crippen molar-refractivity contribution in [3.63, 3.8) is 0 Å². The van der Waals surface area contributed by atoms with Crippen LogP contribution < -0.4 is 5.32 Å². The van der Waals surface area contributed by atoms with Crippen LogP contribution in [0.2, 0.25) is 5.02 Å². The Morgan fingerprint density at radius 2 is 1.32 bits per heavy atom. The fraction of sp³-hybridized carbons (Fsp3) is 0.188. The smallest absolute Gasteiger partial charge is 0.243 e. The van der Waals surface area contributed by atoms with Gasteiger partial charge in [-0.3, -0.25) is 9.59 Å². The van der Waals surface area contributed by atoms with Gasteiger partial charge in [0.1, 0.15) is 11.9 Å². The van der Waals surface area contributed by atoms with Crippen molar-refractivity contribution in [2.45, 2.75) is 31.8 Å². The van der Waals surface area contributed by atoms with E-state index < -0.39 is 6.04 Å². The minimum Gasteiger partial charge on any atom is -0.354 e. The fourth-order valence-corrected chi connectivity index (χ4v) is 4.44. The quantitative estimate of drug-likeness (QED) is 0.259. The summed E-state index contributed by atoms with van der Waals surface area (Å²) in [6, 6.07) is 31.9. The summed E-state index contributed by atoms with van der Waals surface area (Å²) in [5.74, 6) is -0.778. The molecule has 1 N–H and O–H groups in total. The van der Waals surface area contributed by atoms with Gasteiger partial charge in [0, 0.05) is 24.5 Å². The zero-order valence-corrected chi connectivity index (χ0v) is 21.8. The molecule has 6 heteroatoms. The van der Waals surface area contributed by atoms with E-state index in [0.717, 1.165) is 22.3 Å². The van der Waals surface area contributed by atoms with Gasteiger partial charge in [0.25, 0.3) is 0 Å². The van der Waals surface area contributed by atoms with Crippen LogP contribution in [0.15, 0.2) is 109 Å². The average Bonchev–Trinajstić information content (AvgIpc) is 2.94. The molecule has 194 valence electrons. The second-order valence-corrected chi connectivity index (χ2v) is 9.62. The molecular weight excluding hydrogens is 499 g/mol. The molecule has 0 fully saturated rings. The van der Waals surface area contributed by atoms with E-state index in [1.54, 1.807) is 29.2 Å². The number of nitrogens with zero attached hydrogens (tertiary/aromatic N) is 1. The third-order valence-corrected chi connectivity index (χ3v) is 6.61. The van der Waals surface area contributed by atoms with E-state index >= 15 is 0 Å². The van der Waals surface area contributed by atoms with E-state index in [1.807, 2.05) is 72.8 Å². The molecule has 4 nitrogen and oxygen atoms in total. The van der Waals surface area contributed by atoms with Crippen LogP contribution in [0, 0.1) is 5.82 Å². The zero-order chi connectivity index (χ0) is 26.7. The molecule has 0 aliphatic heterocycles. The second-order valence-electron chi connectivity index (χ2n) is 9.18.